The fraction of sp³-hybridized carbons (Fsp3) is 0.143. The van der Waals surface area contributed by atoms with Crippen LogP contribution in [0.5, 0.6) is 0 Å². The van der Waals surface area contributed by atoms with Crippen LogP contribution in [0.3, 0.4) is 0 Å². The zero-order valence-corrected chi connectivity index (χ0v) is 14.1. The number of nitrogens with one attached hydrogen (secondary N) is 1. The zero-order chi connectivity index (χ0) is 18.2. The number of nitriles is 1. The zero-order valence-electron chi connectivity index (χ0n) is 14.1. The summed E-state index contributed by atoms with van der Waals surface area (Å²) in [5.74, 6) is 0.542. The maximum absolute atomic E-state index is 12.1. The van der Waals surface area contributed by atoms with Gasteiger partial charge in [-0.05, 0) is 42.0 Å². The van der Waals surface area contributed by atoms with Gasteiger partial charge in [0.25, 0.3) is 5.91 Å². The summed E-state index contributed by atoms with van der Waals surface area (Å²) in [6.07, 6.45) is 0. The second-order valence-electron chi connectivity index (χ2n) is 5.65. The molecule has 1 amide bonds. The first-order chi connectivity index (χ1) is 12.8. The predicted molar refractivity (Wildman–Crippen MR) is 97.3 cm³/mol. The maximum Gasteiger partial charge on any atom is 0.287 e. The number of carbonyl (C=O) groups is 1. The van der Waals surface area contributed by atoms with Crippen LogP contribution in [0.1, 0.15) is 21.7 Å². The van der Waals surface area contributed by atoms with E-state index in [0.29, 0.717) is 31.1 Å². The number of nitrogens with zero attached hydrogens (tertiary/aromatic N) is 1. The van der Waals surface area contributed by atoms with Crippen molar-refractivity contribution in [3.05, 3.63) is 83.6 Å². The van der Waals surface area contributed by atoms with Gasteiger partial charge < -0.3 is 14.5 Å². The van der Waals surface area contributed by atoms with Gasteiger partial charge in [0.1, 0.15) is 5.76 Å². The Morgan fingerprint density at radius 1 is 1.04 bits per heavy atom. The lowest BCUT2D eigenvalue weighted by molar-refractivity contribution is 0.0876. The molecule has 0 saturated carbocycles. The Labute approximate surface area is 151 Å². The Hall–Kier alpha value is -3.36. The molecule has 5 nitrogen and oxygen atoms in total. The van der Waals surface area contributed by atoms with Crippen molar-refractivity contribution < 1.29 is 13.9 Å². The molecule has 0 fully saturated rings. The molecule has 26 heavy (non-hydrogen) atoms. The van der Waals surface area contributed by atoms with Gasteiger partial charge in [0.05, 0.1) is 24.8 Å². The Balaban J connectivity index is 1.46. The molecule has 3 rings (SSSR count). The molecule has 0 saturated heterocycles. The Morgan fingerprint density at radius 2 is 1.81 bits per heavy atom. The molecule has 0 aliphatic heterocycles. The third kappa shape index (κ3) is 4.59. The van der Waals surface area contributed by atoms with Gasteiger partial charge >= 0.3 is 0 Å². The van der Waals surface area contributed by atoms with Crippen LogP contribution >= 0.6 is 0 Å². The summed E-state index contributed by atoms with van der Waals surface area (Å²) in [5.41, 5.74) is 2.49. The quantitative estimate of drug-likeness (QED) is 0.661. The SMILES string of the molecule is N#Cc1ccc(-c2ccc(C(=O)NCCOCc3ccccc3)o2)cc1. The summed E-state index contributed by atoms with van der Waals surface area (Å²) >= 11 is 0. The molecule has 0 aliphatic rings. The molecular formula is C21H18N2O3. The van der Waals surface area contributed by atoms with Crippen LogP contribution < -0.4 is 5.32 Å². The van der Waals surface area contributed by atoms with Crippen molar-refractivity contribution in [2.45, 2.75) is 6.61 Å². The average molecular weight is 346 g/mol. The molecule has 1 heterocycles. The molecule has 0 aliphatic carbocycles. The lowest BCUT2D eigenvalue weighted by Crippen LogP contribution is -2.26. The number of amides is 1. The third-order valence-electron chi connectivity index (χ3n) is 3.77. The van der Waals surface area contributed by atoms with E-state index in [2.05, 4.69) is 11.4 Å². The summed E-state index contributed by atoms with van der Waals surface area (Å²) in [7, 11) is 0. The average Bonchev–Trinajstić information content (AvgIpc) is 3.19. The molecule has 0 atom stereocenters. The van der Waals surface area contributed by atoms with E-state index in [1.807, 2.05) is 30.3 Å². The van der Waals surface area contributed by atoms with Crippen LogP contribution in [0.25, 0.3) is 11.3 Å². The molecule has 1 N–H and O–H groups in total. The number of hydrogen-bond acceptors (Lipinski definition) is 4. The first-order valence-corrected chi connectivity index (χ1v) is 8.26. The molecule has 0 bridgehead atoms. The van der Waals surface area contributed by atoms with Gasteiger partial charge in [0.2, 0.25) is 0 Å². The Morgan fingerprint density at radius 3 is 2.54 bits per heavy atom. The standard InChI is InChI=1S/C21H18N2O3/c22-14-16-6-8-18(9-7-16)19-10-11-20(26-19)21(24)23-12-13-25-15-17-4-2-1-3-5-17/h1-11H,12-13,15H2,(H,23,24). The van der Waals surface area contributed by atoms with Gasteiger partial charge in [-0.1, -0.05) is 30.3 Å². The number of hydrogen-bond donors (Lipinski definition) is 1. The highest BCUT2D eigenvalue weighted by molar-refractivity contribution is 5.92. The minimum Gasteiger partial charge on any atom is -0.451 e. The molecule has 3 aromatic rings. The second-order valence-corrected chi connectivity index (χ2v) is 5.65. The molecule has 0 radical (unpaired) electrons. The summed E-state index contributed by atoms with van der Waals surface area (Å²) < 4.78 is 11.1. The van der Waals surface area contributed by atoms with E-state index in [1.54, 1.807) is 36.4 Å². The summed E-state index contributed by atoms with van der Waals surface area (Å²) in [6, 6.07) is 22.3. The number of benzene rings is 2. The van der Waals surface area contributed by atoms with Crippen molar-refractivity contribution in [2.24, 2.45) is 0 Å². The maximum atomic E-state index is 12.1. The summed E-state index contributed by atoms with van der Waals surface area (Å²) in [6.45, 7) is 1.34. The first-order valence-electron chi connectivity index (χ1n) is 8.26. The second kappa shape index (κ2) is 8.65. The van der Waals surface area contributed by atoms with Crippen LogP contribution in [0.4, 0.5) is 0 Å². The van der Waals surface area contributed by atoms with Gasteiger partial charge in [0.15, 0.2) is 5.76 Å². The van der Waals surface area contributed by atoms with Crippen LogP contribution in [-0.2, 0) is 11.3 Å². The fourth-order valence-electron chi connectivity index (χ4n) is 2.41. The fourth-order valence-corrected chi connectivity index (χ4v) is 2.41. The van der Waals surface area contributed by atoms with Crippen molar-refractivity contribution in [3.63, 3.8) is 0 Å². The van der Waals surface area contributed by atoms with Crippen molar-refractivity contribution in [1.29, 1.82) is 5.26 Å². The normalized spacial score (nSPS) is 10.3. The topological polar surface area (TPSA) is 75.3 Å². The van der Waals surface area contributed by atoms with E-state index in [1.165, 1.54) is 0 Å². The predicted octanol–water partition coefficient (Wildman–Crippen LogP) is 3.76. The smallest absolute Gasteiger partial charge is 0.287 e. The van der Waals surface area contributed by atoms with Crippen LogP contribution in [0.2, 0.25) is 0 Å². The van der Waals surface area contributed by atoms with Gasteiger partial charge in [-0.3, -0.25) is 4.79 Å². The number of rotatable bonds is 7. The van der Waals surface area contributed by atoms with E-state index < -0.39 is 0 Å². The van der Waals surface area contributed by atoms with E-state index in [9.17, 15) is 4.79 Å². The van der Waals surface area contributed by atoms with Crippen molar-refractivity contribution in [2.75, 3.05) is 13.2 Å². The highest BCUT2D eigenvalue weighted by Crippen LogP contribution is 2.22. The highest BCUT2D eigenvalue weighted by Gasteiger charge is 2.11. The van der Waals surface area contributed by atoms with Crippen molar-refractivity contribution in [1.82, 2.24) is 5.32 Å². The minimum atomic E-state index is -0.284. The molecule has 0 unspecified atom stereocenters. The molecule has 5 heteroatoms. The number of carbonyl (C=O) groups excluding carboxylic acids is 1. The molecule has 2 aromatic carbocycles. The van der Waals surface area contributed by atoms with Crippen LogP contribution in [0, 0.1) is 11.3 Å². The number of furan rings is 1. The van der Waals surface area contributed by atoms with E-state index in [4.69, 9.17) is 14.4 Å². The van der Waals surface area contributed by atoms with Gasteiger partial charge in [0, 0.05) is 12.1 Å². The van der Waals surface area contributed by atoms with E-state index in [-0.39, 0.29) is 11.7 Å². The van der Waals surface area contributed by atoms with E-state index in [0.717, 1.165) is 11.1 Å². The molecule has 0 spiro atoms. The Bertz CT molecular complexity index is 893. The summed E-state index contributed by atoms with van der Waals surface area (Å²) in [5, 5.41) is 11.6. The highest BCUT2D eigenvalue weighted by atomic mass is 16.5. The molecular weight excluding hydrogens is 328 g/mol. The largest absolute Gasteiger partial charge is 0.451 e. The van der Waals surface area contributed by atoms with E-state index >= 15 is 0 Å². The minimum absolute atomic E-state index is 0.243. The lowest BCUT2D eigenvalue weighted by atomic mass is 10.1. The van der Waals surface area contributed by atoms with Gasteiger partial charge in [-0.25, -0.2) is 0 Å². The van der Waals surface area contributed by atoms with Crippen molar-refractivity contribution >= 4 is 5.91 Å². The van der Waals surface area contributed by atoms with Gasteiger partial charge in [-0.2, -0.15) is 5.26 Å². The number of ether oxygens (including phenoxy) is 1. The lowest BCUT2D eigenvalue weighted by Gasteiger charge is -2.05. The third-order valence-corrected chi connectivity index (χ3v) is 3.77. The van der Waals surface area contributed by atoms with Crippen LogP contribution in [0.15, 0.2) is 71.1 Å². The monoisotopic (exact) mass is 346 g/mol. The van der Waals surface area contributed by atoms with Gasteiger partial charge in [-0.15, -0.1) is 0 Å². The molecule has 1 aromatic heterocycles. The van der Waals surface area contributed by atoms with Crippen LogP contribution in [-0.4, -0.2) is 19.1 Å². The molecule has 130 valence electrons. The summed E-state index contributed by atoms with van der Waals surface area (Å²) in [4.78, 5) is 12.1. The van der Waals surface area contributed by atoms with Crippen molar-refractivity contribution in [3.8, 4) is 17.4 Å². The Kier molecular flexibility index (Phi) is 5.81. The first kappa shape index (κ1) is 17.5.